The summed E-state index contributed by atoms with van der Waals surface area (Å²) in [5.41, 5.74) is 2.87. The maximum Gasteiger partial charge on any atom is 0.318 e. The molecule has 0 fully saturated rings. The first-order valence-corrected chi connectivity index (χ1v) is 9.15. The quantitative estimate of drug-likeness (QED) is 0.575. The molecule has 0 aliphatic heterocycles. The molecule has 0 heterocycles. The highest BCUT2D eigenvalue weighted by molar-refractivity contribution is 5.82. The largest absolute Gasteiger partial charge is 0.455 e. The molecule has 138 valence electrons. The lowest BCUT2D eigenvalue weighted by Gasteiger charge is -2.25. The first-order chi connectivity index (χ1) is 13.1. The molecule has 0 N–H and O–H groups in total. The molecule has 0 bridgehead atoms. The summed E-state index contributed by atoms with van der Waals surface area (Å²) in [5.74, 6) is -0.677. The Hall–Kier alpha value is -2.91. The van der Waals surface area contributed by atoms with Gasteiger partial charge in [0.1, 0.15) is 12.0 Å². The van der Waals surface area contributed by atoms with Crippen LogP contribution in [0.25, 0.3) is 0 Å². The molecule has 0 aromatic heterocycles. The van der Waals surface area contributed by atoms with Crippen LogP contribution < -0.4 is 0 Å². The van der Waals surface area contributed by atoms with Crippen molar-refractivity contribution in [3.05, 3.63) is 108 Å². The van der Waals surface area contributed by atoms with E-state index in [1.165, 1.54) is 0 Å². The van der Waals surface area contributed by atoms with Crippen LogP contribution >= 0.6 is 0 Å². The summed E-state index contributed by atoms with van der Waals surface area (Å²) in [6.07, 6.45) is -0.316. The van der Waals surface area contributed by atoms with Gasteiger partial charge in [-0.15, -0.1) is 0 Å². The molecule has 3 rings (SSSR count). The van der Waals surface area contributed by atoms with E-state index < -0.39 is 5.92 Å². The third-order valence-electron chi connectivity index (χ3n) is 4.46. The second kappa shape index (κ2) is 9.15. The molecule has 0 aliphatic rings. The van der Waals surface area contributed by atoms with Crippen LogP contribution in [0.2, 0.25) is 0 Å². The average Bonchev–Trinajstić information content (AvgIpc) is 2.70. The predicted molar refractivity (Wildman–Crippen MR) is 109 cm³/mol. The lowest BCUT2D eigenvalue weighted by Crippen LogP contribution is -2.27. The molecule has 0 saturated heterocycles. The number of hydrogen-bond acceptors (Lipinski definition) is 3. The van der Waals surface area contributed by atoms with Crippen LogP contribution in [0, 0.1) is 0 Å². The van der Waals surface area contributed by atoms with E-state index in [-0.39, 0.29) is 12.1 Å². The summed E-state index contributed by atoms with van der Waals surface area (Å²) < 4.78 is 6.04. The lowest BCUT2D eigenvalue weighted by molar-refractivity contribution is -0.151. The Balaban J connectivity index is 1.91. The number of ether oxygens (including phenoxy) is 1. The van der Waals surface area contributed by atoms with Crippen LogP contribution in [0.1, 0.15) is 28.7 Å². The van der Waals surface area contributed by atoms with Crippen molar-refractivity contribution in [2.75, 3.05) is 20.6 Å². The van der Waals surface area contributed by atoms with Crippen molar-refractivity contribution in [3.63, 3.8) is 0 Å². The van der Waals surface area contributed by atoms with Crippen LogP contribution in [0.3, 0.4) is 0 Å². The molecule has 3 aromatic rings. The molecule has 0 saturated carbocycles. The second-order valence-electron chi connectivity index (χ2n) is 6.85. The van der Waals surface area contributed by atoms with Gasteiger partial charge in [-0.1, -0.05) is 91.0 Å². The number of esters is 1. The van der Waals surface area contributed by atoms with Gasteiger partial charge in [0.15, 0.2) is 0 Å². The van der Waals surface area contributed by atoms with Gasteiger partial charge in [-0.2, -0.15) is 0 Å². The van der Waals surface area contributed by atoms with E-state index in [4.69, 9.17) is 4.74 Å². The average molecular weight is 359 g/mol. The summed E-state index contributed by atoms with van der Waals surface area (Å²) >= 11 is 0. The van der Waals surface area contributed by atoms with Crippen LogP contribution in [0.5, 0.6) is 0 Å². The van der Waals surface area contributed by atoms with E-state index in [1.54, 1.807) is 0 Å². The molecule has 3 aromatic carbocycles. The molecule has 0 radical (unpaired) electrons. The van der Waals surface area contributed by atoms with Crippen molar-refractivity contribution in [1.82, 2.24) is 4.90 Å². The fourth-order valence-electron chi connectivity index (χ4n) is 3.17. The summed E-state index contributed by atoms with van der Waals surface area (Å²) in [6.45, 7) is 0.631. The van der Waals surface area contributed by atoms with E-state index >= 15 is 0 Å². The van der Waals surface area contributed by atoms with Crippen LogP contribution in [-0.4, -0.2) is 31.5 Å². The Morgan fingerprint density at radius 2 is 1.15 bits per heavy atom. The zero-order valence-corrected chi connectivity index (χ0v) is 15.8. The number of nitrogens with zero attached hydrogens (tertiary/aromatic N) is 1. The molecule has 0 aliphatic carbocycles. The van der Waals surface area contributed by atoms with Crippen molar-refractivity contribution in [1.29, 1.82) is 0 Å². The van der Waals surface area contributed by atoms with Gasteiger partial charge in [0.25, 0.3) is 0 Å². The maximum atomic E-state index is 13.3. The topological polar surface area (TPSA) is 29.5 Å². The van der Waals surface area contributed by atoms with Gasteiger partial charge in [-0.05, 0) is 30.8 Å². The molecule has 1 atom stereocenters. The van der Waals surface area contributed by atoms with E-state index in [9.17, 15) is 4.79 Å². The number of benzene rings is 3. The molecule has 0 unspecified atom stereocenters. The van der Waals surface area contributed by atoms with Crippen molar-refractivity contribution >= 4 is 5.97 Å². The van der Waals surface area contributed by atoms with E-state index in [2.05, 4.69) is 0 Å². The fourth-order valence-corrected chi connectivity index (χ4v) is 3.17. The highest BCUT2D eigenvalue weighted by Gasteiger charge is 2.27. The Kier molecular flexibility index (Phi) is 6.39. The maximum absolute atomic E-state index is 13.3. The first-order valence-electron chi connectivity index (χ1n) is 9.15. The minimum Gasteiger partial charge on any atom is -0.455 e. The number of carbonyl (C=O) groups excluding carboxylic acids is 1. The summed E-state index contributed by atoms with van der Waals surface area (Å²) in [7, 11) is 3.96. The summed E-state index contributed by atoms with van der Waals surface area (Å²) in [5, 5.41) is 0. The predicted octanol–water partition coefficient (Wildman–Crippen LogP) is 4.66. The van der Waals surface area contributed by atoms with Crippen molar-refractivity contribution < 1.29 is 9.53 Å². The third kappa shape index (κ3) is 5.05. The number of likely N-dealkylation sites (N-methyl/N-ethyl adjacent to an activating group) is 1. The molecule has 27 heavy (non-hydrogen) atoms. The zero-order valence-electron chi connectivity index (χ0n) is 15.8. The smallest absolute Gasteiger partial charge is 0.318 e. The molecular formula is C24H25NO2. The number of carbonyl (C=O) groups is 1. The number of hydrogen-bond donors (Lipinski definition) is 0. The minimum absolute atomic E-state index is 0.233. The Labute approximate surface area is 161 Å². The summed E-state index contributed by atoms with van der Waals surface area (Å²) in [4.78, 5) is 15.3. The Bertz CT molecular complexity index is 793. The van der Waals surface area contributed by atoms with Gasteiger partial charge >= 0.3 is 5.97 Å². The summed E-state index contributed by atoms with van der Waals surface area (Å²) in [6, 6.07) is 29.5. The van der Waals surface area contributed by atoms with Gasteiger partial charge in [0.2, 0.25) is 0 Å². The van der Waals surface area contributed by atoms with Crippen LogP contribution in [0.15, 0.2) is 91.0 Å². The van der Waals surface area contributed by atoms with Crippen molar-refractivity contribution in [2.45, 2.75) is 12.0 Å². The monoisotopic (exact) mass is 359 g/mol. The second-order valence-corrected chi connectivity index (χ2v) is 6.85. The standard InChI is InChI=1S/C24H25NO2/c1-25(2)18-22(19-12-6-3-7-13-19)27-24(26)23(20-14-8-4-9-15-20)21-16-10-5-11-17-21/h3-17,22-23H,18H2,1-2H3/t22-/m0/s1. The van der Waals surface area contributed by atoms with Gasteiger partial charge in [0, 0.05) is 6.54 Å². The molecule has 0 spiro atoms. The Morgan fingerprint density at radius 3 is 1.56 bits per heavy atom. The van der Waals surface area contributed by atoms with Crippen LogP contribution in [0.4, 0.5) is 0 Å². The minimum atomic E-state index is -0.444. The SMILES string of the molecule is CN(C)C[C@H](OC(=O)C(c1ccccc1)c1ccccc1)c1ccccc1. The third-order valence-corrected chi connectivity index (χ3v) is 4.46. The first kappa shape index (κ1) is 18.9. The van der Waals surface area contributed by atoms with E-state index in [1.807, 2.05) is 110 Å². The number of rotatable bonds is 7. The van der Waals surface area contributed by atoms with Crippen molar-refractivity contribution in [2.24, 2.45) is 0 Å². The van der Waals surface area contributed by atoms with Gasteiger partial charge in [0.05, 0.1) is 0 Å². The van der Waals surface area contributed by atoms with Gasteiger partial charge in [-0.25, -0.2) is 0 Å². The zero-order chi connectivity index (χ0) is 19.1. The highest BCUT2D eigenvalue weighted by Crippen LogP contribution is 2.29. The molecule has 0 amide bonds. The molecular weight excluding hydrogens is 334 g/mol. The van der Waals surface area contributed by atoms with Crippen molar-refractivity contribution in [3.8, 4) is 0 Å². The van der Waals surface area contributed by atoms with Gasteiger partial charge in [-0.3, -0.25) is 4.79 Å². The lowest BCUT2D eigenvalue weighted by atomic mass is 9.91. The Morgan fingerprint density at radius 1 is 0.741 bits per heavy atom. The highest BCUT2D eigenvalue weighted by atomic mass is 16.5. The molecule has 3 heteroatoms. The molecule has 3 nitrogen and oxygen atoms in total. The van der Waals surface area contributed by atoms with E-state index in [0.29, 0.717) is 6.54 Å². The van der Waals surface area contributed by atoms with E-state index in [0.717, 1.165) is 16.7 Å². The van der Waals surface area contributed by atoms with Crippen LogP contribution in [-0.2, 0) is 9.53 Å². The fraction of sp³-hybridized carbons (Fsp3) is 0.208. The normalized spacial score (nSPS) is 12.1. The van der Waals surface area contributed by atoms with Gasteiger partial charge < -0.3 is 9.64 Å².